The topological polar surface area (TPSA) is 50.3 Å². The van der Waals surface area contributed by atoms with Gasteiger partial charge in [-0.2, -0.15) is 70.2 Å². The highest BCUT2D eigenvalue weighted by Gasteiger charge is 2.93. The van der Waals surface area contributed by atoms with Crippen molar-refractivity contribution in [1.29, 1.82) is 0 Å². The molecular formula is C23H17F15N2O2S. The lowest BCUT2D eigenvalue weighted by molar-refractivity contribution is -0.454. The van der Waals surface area contributed by atoms with Gasteiger partial charge in [-0.25, -0.2) is 8.42 Å². The second kappa shape index (κ2) is 9.87. The summed E-state index contributed by atoms with van der Waals surface area (Å²) < 4.78 is 232. The molecule has 1 aliphatic rings. The van der Waals surface area contributed by atoms with Crippen molar-refractivity contribution in [3.63, 3.8) is 0 Å². The third-order valence-electron chi connectivity index (χ3n) is 6.84. The summed E-state index contributed by atoms with van der Waals surface area (Å²) >= 11 is 0. The van der Waals surface area contributed by atoms with Gasteiger partial charge in [0.05, 0.1) is 4.90 Å². The molecule has 4 nitrogen and oxygen atoms in total. The Morgan fingerprint density at radius 3 is 1.51 bits per heavy atom. The Kier molecular flexibility index (Phi) is 7.97. The number of halogens is 15. The Bertz CT molecular complexity index is 1520. The average Bonchev–Trinajstić information content (AvgIpc) is 3.33. The van der Waals surface area contributed by atoms with Gasteiger partial charge in [-0.05, 0) is 49.6 Å². The third-order valence-corrected chi connectivity index (χ3v) is 8.65. The molecule has 0 atom stereocenters. The monoisotopic (exact) mass is 670 g/mol. The van der Waals surface area contributed by atoms with Crippen molar-refractivity contribution in [3.05, 3.63) is 57.9 Å². The first-order valence-electron chi connectivity index (χ1n) is 11.4. The van der Waals surface area contributed by atoms with E-state index in [1.54, 1.807) is 6.92 Å². The number of rotatable bonds is 8. The van der Waals surface area contributed by atoms with Crippen LogP contribution in [0, 0.1) is 20.8 Å². The first-order valence-corrected chi connectivity index (χ1v) is 12.9. The summed E-state index contributed by atoms with van der Waals surface area (Å²) in [4.78, 5) is 2.67. The summed E-state index contributed by atoms with van der Waals surface area (Å²) in [7, 11) is -4.41. The maximum atomic E-state index is 15.0. The van der Waals surface area contributed by atoms with Crippen LogP contribution in [0.3, 0.4) is 0 Å². The zero-order valence-corrected chi connectivity index (χ0v) is 22.3. The van der Waals surface area contributed by atoms with Gasteiger partial charge < -0.3 is 0 Å². The van der Waals surface area contributed by atoms with Crippen LogP contribution in [0.25, 0.3) is 0 Å². The van der Waals surface area contributed by atoms with Gasteiger partial charge in [-0.3, -0.25) is 4.98 Å². The number of aryl methyl sites for hydroxylation is 2. The van der Waals surface area contributed by atoms with Gasteiger partial charge in [0, 0.05) is 18.8 Å². The summed E-state index contributed by atoms with van der Waals surface area (Å²) in [6.07, 6.45) is -7.70. The van der Waals surface area contributed by atoms with Crippen LogP contribution >= 0.6 is 0 Å². The minimum Gasteiger partial charge on any atom is -0.251 e. The molecule has 20 heteroatoms. The molecule has 0 radical (unpaired) electrons. The van der Waals surface area contributed by atoms with Gasteiger partial charge >= 0.3 is 41.7 Å². The number of sulfonamides is 1. The van der Waals surface area contributed by atoms with Gasteiger partial charge in [0.2, 0.25) is 10.0 Å². The second-order valence-corrected chi connectivity index (χ2v) is 11.6. The highest BCUT2D eigenvalue weighted by molar-refractivity contribution is 7.89. The average molecular weight is 670 g/mol. The Morgan fingerprint density at radius 1 is 0.628 bits per heavy atom. The summed E-state index contributed by atoms with van der Waals surface area (Å²) in [6, 6.07) is 5.09. The molecule has 1 aliphatic heterocycles. The van der Waals surface area contributed by atoms with E-state index in [1.165, 1.54) is 12.1 Å². The second-order valence-electron chi connectivity index (χ2n) is 9.66. The van der Waals surface area contributed by atoms with Gasteiger partial charge in [-0.1, -0.05) is 17.7 Å². The molecule has 2 aromatic rings. The van der Waals surface area contributed by atoms with Crippen molar-refractivity contribution >= 4 is 10.0 Å². The molecule has 0 amide bonds. The number of pyridine rings is 1. The van der Waals surface area contributed by atoms with Crippen LogP contribution in [0.2, 0.25) is 0 Å². The smallest absolute Gasteiger partial charge is 0.251 e. The molecule has 0 aliphatic carbocycles. The number of aromatic nitrogens is 1. The molecule has 0 fully saturated rings. The Hall–Kier alpha value is -2.77. The van der Waals surface area contributed by atoms with Crippen LogP contribution in [0.5, 0.6) is 0 Å². The number of nitrogens with zero attached hydrogens (tertiary/aromatic N) is 2. The Morgan fingerprint density at radius 2 is 1.05 bits per heavy atom. The van der Waals surface area contributed by atoms with Crippen LogP contribution in [0.1, 0.15) is 33.6 Å². The van der Waals surface area contributed by atoms with Crippen LogP contribution in [-0.2, 0) is 29.0 Å². The molecule has 0 saturated heterocycles. The zero-order valence-electron chi connectivity index (χ0n) is 21.5. The number of hydrogen-bond donors (Lipinski definition) is 0. The van der Waals surface area contributed by atoms with Gasteiger partial charge in [0.15, 0.2) is 0 Å². The zero-order chi connectivity index (χ0) is 33.6. The van der Waals surface area contributed by atoms with E-state index in [1.807, 2.05) is 0 Å². The fourth-order valence-electron chi connectivity index (χ4n) is 4.19. The lowest BCUT2D eigenvalue weighted by Crippen LogP contribution is -2.72. The first-order chi connectivity index (χ1) is 19.0. The van der Waals surface area contributed by atoms with E-state index in [9.17, 15) is 65.5 Å². The van der Waals surface area contributed by atoms with E-state index < -0.39 is 87.3 Å². The van der Waals surface area contributed by atoms with Crippen molar-refractivity contribution in [2.75, 3.05) is 0 Å². The Labute approximate surface area is 232 Å². The fraction of sp³-hybridized carbons (Fsp3) is 0.522. The maximum absolute atomic E-state index is 15.0. The molecule has 0 saturated carbocycles. The van der Waals surface area contributed by atoms with Crippen LogP contribution in [0.4, 0.5) is 65.9 Å². The number of hydrogen-bond acceptors (Lipinski definition) is 3. The molecule has 0 N–H and O–H groups in total. The summed E-state index contributed by atoms with van der Waals surface area (Å²) in [5, 5.41) is 0. The van der Waals surface area contributed by atoms with Crippen molar-refractivity contribution < 1.29 is 74.3 Å². The van der Waals surface area contributed by atoms with E-state index in [0.29, 0.717) is 16.8 Å². The SMILES string of the molecule is Cc1ccc(S(=O)(=O)N2Cc3c(C)nc(C(F)(F)C(F)(F)C(F)(F)C(F)(F)C(F)(F)C(F)(F)C(F)(F)F)c(C)c3C2)cc1. The molecule has 0 spiro atoms. The molecule has 43 heavy (non-hydrogen) atoms. The van der Waals surface area contributed by atoms with Crippen molar-refractivity contribution in [2.45, 2.75) is 80.5 Å². The van der Waals surface area contributed by atoms with Crippen LogP contribution in [-0.4, -0.2) is 53.5 Å². The van der Waals surface area contributed by atoms with Crippen molar-refractivity contribution in [1.82, 2.24) is 9.29 Å². The van der Waals surface area contributed by atoms with E-state index in [0.717, 1.165) is 19.1 Å². The van der Waals surface area contributed by atoms with Crippen molar-refractivity contribution in [2.24, 2.45) is 0 Å². The number of fused-ring (bicyclic) bond motifs is 1. The van der Waals surface area contributed by atoms with Gasteiger partial charge in [-0.15, -0.1) is 0 Å². The highest BCUT2D eigenvalue weighted by atomic mass is 32.2. The predicted octanol–water partition coefficient (Wildman–Crippen LogP) is 7.54. The van der Waals surface area contributed by atoms with Gasteiger partial charge in [0.25, 0.3) is 0 Å². The van der Waals surface area contributed by atoms with Gasteiger partial charge in [0.1, 0.15) is 5.69 Å². The minimum atomic E-state index is -8.43. The van der Waals surface area contributed by atoms with E-state index in [-0.39, 0.29) is 10.5 Å². The Balaban J connectivity index is 2.12. The van der Waals surface area contributed by atoms with Crippen LogP contribution < -0.4 is 0 Å². The van der Waals surface area contributed by atoms with Crippen molar-refractivity contribution in [3.8, 4) is 0 Å². The standard InChI is InChI=1S/C23H17F15N2O2S/c1-10-4-6-13(7-5-10)43(41,42)40-8-14-11(2)16(39-12(3)15(14)9-40)17(24,25)18(26,27)19(28,29)20(30,31)21(32,33)22(34,35)23(36,37)38/h4-7H,8-9H2,1-3H3. The normalized spacial score (nSPS) is 16.5. The molecule has 3 rings (SSSR count). The highest BCUT2D eigenvalue weighted by Crippen LogP contribution is 2.64. The maximum Gasteiger partial charge on any atom is 0.460 e. The quantitative estimate of drug-likeness (QED) is 0.273. The summed E-state index contributed by atoms with van der Waals surface area (Å²) in [5.41, 5.74) is -4.50. The third kappa shape index (κ3) is 4.73. The minimum absolute atomic E-state index is 0.204. The molecular weight excluding hydrogens is 653 g/mol. The lowest BCUT2D eigenvalue weighted by atomic mass is 9.88. The number of alkyl halides is 15. The molecule has 1 aromatic carbocycles. The molecule has 0 bridgehead atoms. The molecule has 2 heterocycles. The summed E-state index contributed by atoms with van der Waals surface area (Å²) in [6.45, 7) is 1.40. The molecule has 1 aromatic heterocycles. The summed E-state index contributed by atoms with van der Waals surface area (Å²) in [5.74, 6) is -47.6. The van der Waals surface area contributed by atoms with Crippen LogP contribution in [0.15, 0.2) is 29.2 Å². The number of benzene rings is 1. The van der Waals surface area contributed by atoms with E-state index in [2.05, 4.69) is 4.98 Å². The largest absolute Gasteiger partial charge is 0.460 e. The van der Waals surface area contributed by atoms with E-state index >= 15 is 8.78 Å². The molecule has 242 valence electrons. The fourth-order valence-corrected chi connectivity index (χ4v) is 5.57. The first kappa shape index (κ1) is 34.7. The molecule has 0 unspecified atom stereocenters. The lowest BCUT2D eigenvalue weighted by Gasteiger charge is -2.41. The predicted molar refractivity (Wildman–Crippen MR) is 116 cm³/mol. The van der Waals surface area contributed by atoms with E-state index in [4.69, 9.17) is 0 Å².